The first-order chi connectivity index (χ1) is 7.18. The highest BCUT2D eigenvalue weighted by Gasteiger charge is 2.06. The molecule has 0 atom stereocenters. The molecule has 2 rings (SSSR count). The summed E-state index contributed by atoms with van der Waals surface area (Å²) in [5.74, 6) is -0.278. The lowest BCUT2D eigenvalue weighted by Gasteiger charge is -2.07. The van der Waals surface area contributed by atoms with Gasteiger partial charge in [-0.2, -0.15) is 0 Å². The van der Waals surface area contributed by atoms with Crippen molar-refractivity contribution in [3.8, 4) is 11.1 Å². The van der Waals surface area contributed by atoms with Crippen LogP contribution in [-0.2, 0) is 0 Å². The monoisotopic (exact) mass is 202 g/mol. The predicted octanol–water partition coefficient (Wildman–Crippen LogP) is 2.78. The Hall–Kier alpha value is -1.90. The zero-order valence-corrected chi connectivity index (χ0v) is 8.37. The van der Waals surface area contributed by atoms with Gasteiger partial charge in [-0.05, 0) is 30.7 Å². The van der Waals surface area contributed by atoms with E-state index in [2.05, 4.69) is 4.98 Å². The minimum absolute atomic E-state index is 0.278. The molecule has 0 saturated heterocycles. The highest BCUT2D eigenvalue weighted by atomic mass is 19.1. The summed E-state index contributed by atoms with van der Waals surface area (Å²) in [5.41, 5.74) is 8.50. The summed E-state index contributed by atoms with van der Waals surface area (Å²) in [6.07, 6.45) is 3.40. The van der Waals surface area contributed by atoms with Gasteiger partial charge in [0.2, 0.25) is 0 Å². The molecule has 0 radical (unpaired) electrons. The quantitative estimate of drug-likeness (QED) is 0.722. The molecule has 3 heteroatoms. The van der Waals surface area contributed by atoms with E-state index >= 15 is 0 Å². The average Bonchev–Trinajstić information content (AvgIpc) is 2.25. The van der Waals surface area contributed by atoms with E-state index in [0.717, 1.165) is 11.1 Å². The predicted molar refractivity (Wildman–Crippen MR) is 58.8 cm³/mol. The zero-order valence-electron chi connectivity index (χ0n) is 8.37. The molecule has 0 aliphatic heterocycles. The van der Waals surface area contributed by atoms with E-state index in [4.69, 9.17) is 5.73 Å². The number of pyridine rings is 1. The van der Waals surface area contributed by atoms with Crippen LogP contribution < -0.4 is 5.73 Å². The van der Waals surface area contributed by atoms with Gasteiger partial charge < -0.3 is 5.73 Å². The van der Waals surface area contributed by atoms with E-state index in [0.29, 0.717) is 11.3 Å². The fourth-order valence-electron chi connectivity index (χ4n) is 1.47. The second-order valence-corrected chi connectivity index (χ2v) is 3.43. The first-order valence-corrected chi connectivity index (χ1v) is 4.64. The summed E-state index contributed by atoms with van der Waals surface area (Å²) in [6, 6.07) is 6.81. The van der Waals surface area contributed by atoms with Crippen LogP contribution in [0, 0.1) is 12.7 Å². The Morgan fingerprint density at radius 3 is 2.80 bits per heavy atom. The van der Waals surface area contributed by atoms with Gasteiger partial charge in [-0.15, -0.1) is 0 Å². The van der Waals surface area contributed by atoms with Gasteiger partial charge in [0.15, 0.2) is 0 Å². The fourth-order valence-corrected chi connectivity index (χ4v) is 1.47. The maximum Gasteiger partial charge on any atom is 0.128 e. The second-order valence-electron chi connectivity index (χ2n) is 3.43. The summed E-state index contributed by atoms with van der Waals surface area (Å²) < 4.78 is 13.2. The molecule has 2 nitrogen and oxygen atoms in total. The SMILES string of the molecule is Cc1cc(-c2cccnc2)c(N)cc1F. The van der Waals surface area contributed by atoms with Crippen molar-refractivity contribution in [1.82, 2.24) is 4.98 Å². The van der Waals surface area contributed by atoms with Crippen molar-refractivity contribution in [3.63, 3.8) is 0 Å². The van der Waals surface area contributed by atoms with Gasteiger partial charge in [0.25, 0.3) is 0 Å². The van der Waals surface area contributed by atoms with E-state index in [1.54, 1.807) is 25.4 Å². The van der Waals surface area contributed by atoms with E-state index in [9.17, 15) is 4.39 Å². The van der Waals surface area contributed by atoms with Gasteiger partial charge in [0, 0.05) is 29.2 Å². The van der Waals surface area contributed by atoms with Crippen LogP contribution in [0.4, 0.5) is 10.1 Å². The number of aryl methyl sites for hydroxylation is 1. The highest BCUT2D eigenvalue weighted by Crippen LogP contribution is 2.27. The number of rotatable bonds is 1. The first kappa shape index (κ1) is 9.65. The van der Waals surface area contributed by atoms with Crippen molar-refractivity contribution >= 4 is 5.69 Å². The number of aromatic nitrogens is 1. The molecule has 0 aliphatic rings. The first-order valence-electron chi connectivity index (χ1n) is 4.64. The molecule has 0 saturated carbocycles. The van der Waals surface area contributed by atoms with Gasteiger partial charge in [0.1, 0.15) is 5.82 Å². The molecule has 0 amide bonds. The number of halogens is 1. The minimum Gasteiger partial charge on any atom is -0.398 e. The summed E-state index contributed by atoms with van der Waals surface area (Å²) in [4.78, 5) is 4.00. The van der Waals surface area contributed by atoms with Crippen molar-refractivity contribution in [2.75, 3.05) is 5.73 Å². The minimum atomic E-state index is -0.278. The number of hydrogen-bond donors (Lipinski definition) is 1. The normalized spacial score (nSPS) is 10.3. The maximum atomic E-state index is 13.2. The van der Waals surface area contributed by atoms with Crippen LogP contribution in [0.25, 0.3) is 11.1 Å². The molecule has 0 unspecified atom stereocenters. The van der Waals surface area contributed by atoms with Gasteiger partial charge >= 0.3 is 0 Å². The molecule has 1 aromatic heterocycles. The van der Waals surface area contributed by atoms with Crippen LogP contribution in [-0.4, -0.2) is 4.98 Å². The van der Waals surface area contributed by atoms with E-state index in [-0.39, 0.29) is 5.82 Å². The van der Waals surface area contributed by atoms with Crippen LogP contribution in [0.1, 0.15) is 5.56 Å². The van der Waals surface area contributed by atoms with Crippen LogP contribution >= 0.6 is 0 Å². The summed E-state index contributed by atoms with van der Waals surface area (Å²) in [7, 11) is 0. The third kappa shape index (κ3) is 1.81. The third-order valence-corrected chi connectivity index (χ3v) is 2.30. The molecule has 0 spiro atoms. The molecule has 0 fully saturated rings. The molecular formula is C12H11FN2. The smallest absolute Gasteiger partial charge is 0.128 e. The number of nitrogen functional groups attached to an aromatic ring is 1. The van der Waals surface area contributed by atoms with E-state index in [1.165, 1.54) is 6.07 Å². The van der Waals surface area contributed by atoms with Crippen LogP contribution in [0.15, 0.2) is 36.7 Å². The number of benzene rings is 1. The summed E-state index contributed by atoms with van der Waals surface area (Å²) in [6.45, 7) is 1.72. The molecular weight excluding hydrogens is 191 g/mol. The molecule has 76 valence electrons. The van der Waals surface area contributed by atoms with E-state index in [1.807, 2.05) is 12.1 Å². The zero-order chi connectivity index (χ0) is 10.8. The topological polar surface area (TPSA) is 38.9 Å². The van der Waals surface area contributed by atoms with Crippen molar-refractivity contribution in [3.05, 3.63) is 48.0 Å². The molecule has 0 aliphatic carbocycles. The van der Waals surface area contributed by atoms with Gasteiger partial charge in [0.05, 0.1) is 0 Å². The van der Waals surface area contributed by atoms with Crippen molar-refractivity contribution < 1.29 is 4.39 Å². The standard InChI is InChI=1S/C12H11FN2/c1-8-5-10(12(14)6-11(8)13)9-3-2-4-15-7-9/h2-7H,14H2,1H3. The Bertz CT molecular complexity index is 480. The number of nitrogens with two attached hydrogens (primary N) is 1. The van der Waals surface area contributed by atoms with Crippen molar-refractivity contribution in [2.24, 2.45) is 0 Å². The molecule has 1 heterocycles. The molecule has 1 aromatic carbocycles. The molecule has 0 bridgehead atoms. The Morgan fingerprint density at radius 1 is 1.33 bits per heavy atom. The highest BCUT2D eigenvalue weighted by molar-refractivity contribution is 5.76. The lowest BCUT2D eigenvalue weighted by molar-refractivity contribution is 0.619. The lowest BCUT2D eigenvalue weighted by atomic mass is 10.0. The Labute approximate surface area is 87.6 Å². The van der Waals surface area contributed by atoms with Gasteiger partial charge in [-0.1, -0.05) is 6.07 Å². The van der Waals surface area contributed by atoms with Gasteiger partial charge in [-0.3, -0.25) is 4.98 Å². The number of nitrogens with zero attached hydrogens (tertiary/aromatic N) is 1. The molecule has 2 N–H and O–H groups in total. The van der Waals surface area contributed by atoms with Crippen LogP contribution in [0.2, 0.25) is 0 Å². The van der Waals surface area contributed by atoms with Crippen molar-refractivity contribution in [1.29, 1.82) is 0 Å². The number of anilines is 1. The van der Waals surface area contributed by atoms with Crippen LogP contribution in [0.3, 0.4) is 0 Å². The van der Waals surface area contributed by atoms with E-state index < -0.39 is 0 Å². The van der Waals surface area contributed by atoms with Crippen LogP contribution in [0.5, 0.6) is 0 Å². The summed E-state index contributed by atoms with van der Waals surface area (Å²) in [5, 5.41) is 0. The number of hydrogen-bond acceptors (Lipinski definition) is 2. The van der Waals surface area contributed by atoms with Crippen molar-refractivity contribution in [2.45, 2.75) is 6.92 Å². The lowest BCUT2D eigenvalue weighted by Crippen LogP contribution is -1.94. The Kier molecular flexibility index (Phi) is 2.37. The summed E-state index contributed by atoms with van der Waals surface area (Å²) >= 11 is 0. The Morgan fingerprint density at radius 2 is 2.13 bits per heavy atom. The average molecular weight is 202 g/mol. The third-order valence-electron chi connectivity index (χ3n) is 2.30. The molecule has 2 aromatic rings. The largest absolute Gasteiger partial charge is 0.398 e. The fraction of sp³-hybridized carbons (Fsp3) is 0.0833. The molecule has 15 heavy (non-hydrogen) atoms. The maximum absolute atomic E-state index is 13.2. The van der Waals surface area contributed by atoms with Gasteiger partial charge in [-0.25, -0.2) is 4.39 Å². The Balaban J connectivity index is 2.59. The second kappa shape index (κ2) is 3.69.